The molecule has 6 nitrogen and oxygen atoms in total. The molecule has 2 saturated heterocycles. The van der Waals surface area contributed by atoms with Crippen molar-refractivity contribution in [3.63, 3.8) is 0 Å². The molecule has 4 rings (SSSR count). The van der Waals surface area contributed by atoms with Crippen molar-refractivity contribution in [3.05, 3.63) is 47.8 Å². The van der Waals surface area contributed by atoms with E-state index in [1.165, 1.54) is 6.07 Å². The van der Waals surface area contributed by atoms with Crippen LogP contribution in [0.5, 0.6) is 0 Å². The highest BCUT2D eigenvalue weighted by Gasteiger charge is 2.30. The van der Waals surface area contributed by atoms with Crippen LogP contribution in [0.3, 0.4) is 0 Å². The Morgan fingerprint density at radius 1 is 1.29 bits per heavy atom. The van der Waals surface area contributed by atoms with Crippen molar-refractivity contribution in [2.24, 2.45) is 0 Å². The van der Waals surface area contributed by atoms with Crippen molar-refractivity contribution in [1.82, 2.24) is 20.0 Å². The maximum atomic E-state index is 13.7. The predicted molar refractivity (Wildman–Crippen MR) is 83.6 cm³/mol. The third kappa shape index (κ3) is 2.73. The molecule has 8 heteroatoms. The van der Waals surface area contributed by atoms with Gasteiger partial charge in [0.05, 0.1) is 17.9 Å². The molecule has 2 amide bonds. The minimum Gasteiger partial charge on any atom is -0.336 e. The third-order valence-corrected chi connectivity index (χ3v) is 4.47. The molecule has 2 aliphatic heterocycles. The van der Waals surface area contributed by atoms with Crippen LogP contribution >= 0.6 is 0 Å². The molecule has 0 radical (unpaired) electrons. The Morgan fingerprint density at radius 2 is 2.12 bits per heavy atom. The SMILES string of the molecule is O=C1NCCN1c1cnn(C2CN(Cc3cc(F)ccc3F)C2)c1. The van der Waals surface area contributed by atoms with Crippen LogP contribution in [0.1, 0.15) is 11.6 Å². The summed E-state index contributed by atoms with van der Waals surface area (Å²) in [6.45, 7) is 3.08. The number of rotatable bonds is 4. The molecule has 24 heavy (non-hydrogen) atoms. The van der Waals surface area contributed by atoms with E-state index in [2.05, 4.69) is 10.4 Å². The van der Waals surface area contributed by atoms with Crippen molar-refractivity contribution in [2.75, 3.05) is 31.1 Å². The van der Waals surface area contributed by atoms with Gasteiger partial charge in [-0.3, -0.25) is 14.5 Å². The monoisotopic (exact) mass is 333 g/mol. The van der Waals surface area contributed by atoms with E-state index < -0.39 is 5.82 Å². The molecule has 0 atom stereocenters. The molecule has 0 saturated carbocycles. The number of urea groups is 1. The maximum Gasteiger partial charge on any atom is 0.322 e. The third-order valence-electron chi connectivity index (χ3n) is 4.47. The number of nitrogens with zero attached hydrogens (tertiary/aromatic N) is 4. The van der Waals surface area contributed by atoms with Crippen molar-refractivity contribution in [3.8, 4) is 0 Å². The van der Waals surface area contributed by atoms with Crippen LogP contribution in [0.4, 0.5) is 19.3 Å². The Morgan fingerprint density at radius 3 is 2.88 bits per heavy atom. The largest absolute Gasteiger partial charge is 0.336 e. The number of nitrogens with one attached hydrogen (secondary N) is 1. The summed E-state index contributed by atoms with van der Waals surface area (Å²) in [6, 6.07) is 3.59. The van der Waals surface area contributed by atoms with Crippen molar-refractivity contribution >= 4 is 11.7 Å². The lowest BCUT2D eigenvalue weighted by molar-refractivity contribution is 0.0896. The van der Waals surface area contributed by atoms with Gasteiger partial charge in [-0.25, -0.2) is 13.6 Å². The highest BCUT2D eigenvalue weighted by molar-refractivity contribution is 5.93. The number of likely N-dealkylation sites (tertiary alicyclic amines) is 1. The highest BCUT2D eigenvalue weighted by Crippen LogP contribution is 2.26. The number of benzene rings is 1. The molecule has 1 aromatic carbocycles. The summed E-state index contributed by atoms with van der Waals surface area (Å²) in [4.78, 5) is 15.3. The Bertz CT molecular complexity index is 772. The average Bonchev–Trinajstić information content (AvgIpc) is 3.14. The topological polar surface area (TPSA) is 53.4 Å². The van der Waals surface area contributed by atoms with Gasteiger partial charge in [0.2, 0.25) is 0 Å². The van der Waals surface area contributed by atoms with Gasteiger partial charge < -0.3 is 5.32 Å². The summed E-state index contributed by atoms with van der Waals surface area (Å²) in [5, 5.41) is 7.08. The number of carbonyl (C=O) groups excluding carboxylic acids is 1. The molecule has 2 fully saturated rings. The zero-order valence-electron chi connectivity index (χ0n) is 13.0. The second-order valence-corrected chi connectivity index (χ2v) is 6.15. The summed E-state index contributed by atoms with van der Waals surface area (Å²) >= 11 is 0. The number of carbonyl (C=O) groups is 1. The van der Waals surface area contributed by atoms with Crippen LogP contribution in [-0.2, 0) is 6.54 Å². The van der Waals surface area contributed by atoms with Crippen molar-refractivity contribution < 1.29 is 13.6 Å². The van der Waals surface area contributed by atoms with Gasteiger partial charge in [0.15, 0.2) is 0 Å². The molecular formula is C16H17F2N5O. The van der Waals surface area contributed by atoms with Gasteiger partial charge in [-0.2, -0.15) is 5.10 Å². The minimum absolute atomic E-state index is 0.105. The van der Waals surface area contributed by atoms with Gasteiger partial charge in [0.1, 0.15) is 11.6 Å². The predicted octanol–water partition coefficient (Wildman–Crippen LogP) is 1.75. The van der Waals surface area contributed by atoms with Gasteiger partial charge >= 0.3 is 6.03 Å². The second-order valence-electron chi connectivity index (χ2n) is 6.15. The van der Waals surface area contributed by atoms with Gasteiger partial charge in [-0.05, 0) is 18.2 Å². The molecule has 0 spiro atoms. The number of anilines is 1. The lowest BCUT2D eigenvalue weighted by atomic mass is 10.1. The summed E-state index contributed by atoms with van der Waals surface area (Å²) in [5.74, 6) is -0.814. The maximum absolute atomic E-state index is 13.7. The van der Waals surface area contributed by atoms with Crippen LogP contribution in [0, 0.1) is 11.6 Å². The van der Waals surface area contributed by atoms with Crippen LogP contribution in [-0.4, -0.2) is 46.9 Å². The summed E-state index contributed by atoms with van der Waals surface area (Å²) < 4.78 is 28.7. The molecular weight excluding hydrogens is 316 g/mol. The van der Waals surface area contributed by atoms with Gasteiger partial charge in [-0.15, -0.1) is 0 Å². The van der Waals surface area contributed by atoms with Crippen LogP contribution in [0.25, 0.3) is 0 Å². The van der Waals surface area contributed by atoms with E-state index in [4.69, 9.17) is 0 Å². The molecule has 1 N–H and O–H groups in total. The summed E-state index contributed by atoms with van der Waals surface area (Å²) in [6.07, 6.45) is 3.54. The average molecular weight is 333 g/mol. The zero-order valence-corrected chi connectivity index (χ0v) is 13.0. The molecule has 1 aromatic heterocycles. The van der Waals surface area contributed by atoms with E-state index in [1.54, 1.807) is 11.1 Å². The van der Waals surface area contributed by atoms with E-state index in [0.717, 1.165) is 17.8 Å². The number of hydrogen-bond acceptors (Lipinski definition) is 3. The first kappa shape index (κ1) is 15.1. The fourth-order valence-corrected chi connectivity index (χ4v) is 3.13. The van der Waals surface area contributed by atoms with Crippen LogP contribution in [0.15, 0.2) is 30.6 Å². The number of halogens is 2. The number of hydrogen-bond donors (Lipinski definition) is 1. The zero-order chi connectivity index (χ0) is 16.7. The first-order valence-electron chi connectivity index (χ1n) is 7.86. The molecule has 126 valence electrons. The van der Waals surface area contributed by atoms with E-state index in [0.29, 0.717) is 38.3 Å². The first-order valence-corrected chi connectivity index (χ1v) is 7.86. The quantitative estimate of drug-likeness (QED) is 0.927. The fraction of sp³-hybridized carbons (Fsp3) is 0.375. The van der Waals surface area contributed by atoms with Crippen LogP contribution in [0.2, 0.25) is 0 Å². The Hall–Kier alpha value is -2.48. The normalized spacial score (nSPS) is 18.8. The summed E-state index contributed by atoms with van der Waals surface area (Å²) in [7, 11) is 0. The van der Waals surface area contributed by atoms with Crippen molar-refractivity contribution in [2.45, 2.75) is 12.6 Å². The van der Waals surface area contributed by atoms with Gasteiger partial charge in [-0.1, -0.05) is 0 Å². The van der Waals surface area contributed by atoms with E-state index >= 15 is 0 Å². The first-order chi connectivity index (χ1) is 11.6. The number of aromatic nitrogens is 2. The standard InChI is InChI=1S/C16H17F2N5O/c17-12-1-2-15(18)11(5-12)7-21-8-14(9-21)23-10-13(6-20-23)22-4-3-19-16(22)24/h1-2,5-6,10,14H,3-4,7-9H2,(H,19,24). The van der Waals surface area contributed by atoms with E-state index in [9.17, 15) is 13.6 Å². The molecule has 2 aliphatic rings. The molecule has 0 unspecified atom stereocenters. The number of amides is 2. The Kier molecular flexibility index (Phi) is 3.68. The fourth-order valence-electron chi connectivity index (χ4n) is 3.13. The molecule has 2 aromatic rings. The lowest BCUT2D eigenvalue weighted by Crippen LogP contribution is -2.47. The summed E-state index contributed by atoms with van der Waals surface area (Å²) in [5.41, 5.74) is 1.14. The Balaban J connectivity index is 1.37. The Labute approximate surface area is 137 Å². The van der Waals surface area contributed by atoms with Gasteiger partial charge in [0.25, 0.3) is 0 Å². The lowest BCUT2D eigenvalue weighted by Gasteiger charge is -2.39. The minimum atomic E-state index is -0.427. The highest BCUT2D eigenvalue weighted by atomic mass is 19.1. The molecule has 3 heterocycles. The smallest absolute Gasteiger partial charge is 0.322 e. The van der Waals surface area contributed by atoms with Crippen molar-refractivity contribution in [1.29, 1.82) is 0 Å². The molecule has 0 bridgehead atoms. The van der Waals surface area contributed by atoms with E-state index in [-0.39, 0.29) is 17.9 Å². The van der Waals surface area contributed by atoms with Gasteiger partial charge in [0, 0.05) is 44.5 Å². The second kappa shape index (κ2) is 5.86. The van der Waals surface area contributed by atoms with Crippen LogP contribution < -0.4 is 10.2 Å². The van der Waals surface area contributed by atoms with E-state index in [1.807, 2.05) is 15.8 Å². The molecule has 0 aliphatic carbocycles.